The number of nitrogens with zero attached hydrogens (tertiary/aromatic N) is 2. The first-order valence-corrected chi connectivity index (χ1v) is 11.0. The van der Waals surface area contributed by atoms with Gasteiger partial charge in [0, 0.05) is 44.0 Å². The van der Waals surface area contributed by atoms with E-state index in [4.69, 9.17) is 0 Å². The van der Waals surface area contributed by atoms with Crippen LogP contribution in [-0.4, -0.2) is 41.2 Å². The smallest absolute Gasteiger partial charge is 0.246 e. The van der Waals surface area contributed by atoms with Crippen molar-refractivity contribution in [1.29, 1.82) is 0 Å². The largest absolute Gasteiger partial charge is 0.339 e. The van der Waals surface area contributed by atoms with E-state index in [-0.39, 0.29) is 11.7 Å². The van der Waals surface area contributed by atoms with Gasteiger partial charge in [0.2, 0.25) is 5.91 Å². The quantitative estimate of drug-likeness (QED) is 0.792. The summed E-state index contributed by atoms with van der Waals surface area (Å²) >= 11 is 1.71. The molecule has 0 aromatic carbocycles. The molecule has 0 aliphatic carbocycles. The van der Waals surface area contributed by atoms with Gasteiger partial charge in [-0.2, -0.15) is 11.3 Å². The highest BCUT2D eigenvalue weighted by molar-refractivity contribution is 7.08. The van der Waals surface area contributed by atoms with E-state index in [0.717, 1.165) is 42.8 Å². The lowest BCUT2D eigenvalue weighted by molar-refractivity contribution is -0.126. The predicted molar refractivity (Wildman–Crippen MR) is 116 cm³/mol. The number of ketones is 1. The number of aryl methyl sites for hydroxylation is 1. The van der Waals surface area contributed by atoms with E-state index in [1.165, 1.54) is 11.1 Å². The Morgan fingerprint density at radius 3 is 2.79 bits per heavy atom. The van der Waals surface area contributed by atoms with Crippen molar-refractivity contribution in [2.24, 2.45) is 0 Å². The van der Waals surface area contributed by atoms with Crippen LogP contribution < -0.4 is 5.32 Å². The molecule has 1 amide bonds. The molecule has 4 rings (SSSR count). The topological polar surface area (TPSA) is 62.3 Å². The minimum atomic E-state index is 0.0510. The SMILES string of the molecule is O=C1CCc2ncc(C=CC(=O)N3CCC(=Cc4ccsc4)CC3)cc2CNC1. The van der Waals surface area contributed by atoms with E-state index in [1.807, 2.05) is 11.0 Å². The fourth-order valence-corrected chi connectivity index (χ4v) is 4.35. The van der Waals surface area contributed by atoms with Gasteiger partial charge in [-0.1, -0.05) is 11.6 Å². The molecular formula is C23H25N3O2S. The number of hydrogen-bond acceptors (Lipinski definition) is 5. The van der Waals surface area contributed by atoms with Crippen molar-refractivity contribution in [3.63, 3.8) is 0 Å². The van der Waals surface area contributed by atoms with Crippen LogP contribution in [0.2, 0.25) is 0 Å². The Bertz CT molecular complexity index is 937. The Kier molecular flexibility index (Phi) is 6.32. The molecule has 0 spiro atoms. The van der Waals surface area contributed by atoms with E-state index in [9.17, 15) is 9.59 Å². The van der Waals surface area contributed by atoms with Gasteiger partial charge in [0.25, 0.3) is 0 Å². The summed E-state index contributed by atoms with van der Waals surface area (Å²) in [6, 6.07) is 4.19. The van der Waals surface area contributed by atoms with Crippen LogP contribution in [0.15, 0.2) is 40.7 Å². The number of rotatable bonds is 3. The molecule has 2 aromatic heterocycles. The van der Waals surface area contributed by atoms with Crippen molar-refractivity contribution in [3.8, 4) is 0 Å². The van der Waals surface area contributed by atoms with Gasteiger partial charge in [-0.25, -0.2) is 0 Å². The van der Waals surface area contributed by atoms with Crippen LogP contribution in [0.3, 0.4) is 0 Å². The van der Waals surface area contributed by atoms with Crippen molar-refractivity contribution in [3.05, 3.63) is 63.1 Å². The Morgan fingerprint density at radius 1 is 1.14 bits per heavy atom. The number of thiophene rings is 1. The third-order valence-corrected chi connectivity index (χ3v) is 6.11. The van der Waals surface area contributed by atoms with Crippen LogP contribution in [-0.2, 0) is 22.6 Å². The Hall–Kier alpha value is -2.57. The lowest BCUT2D eigenvalue weighted by Crippen LogP contribution is -2.35. The van der Waals surface area contributed by atoms with Crippen LogP contribution in [0.1, 0.15) is 41.6 Å². The average molecular weight is 408 g/mol. The fourth-order valence-electron chi connectivity index (χ4n) is 3.73. The summed E-state index contributed by atoms with van der Waals surface area (Å²) in [4.78, 5) is 30.6. The summed E-state index contributed by atoms with van der Waals surface area (Å²) < 4.78 is 0. The molecule has 2 aromatic rings. The zero-order chi connectivity index (χ0) is 20.1. The number of carbonyl (C=O) groups is 2. The molecule has 29 heavy (non-hydrogen) atoms. The minimum Gasteiger partial charge on any atom is -0.339 e. The van der Waals surface area contributed by atoms with E-state index in [1.54, 1.807) is 23.6 Å². The predicted octanol–water partition coefficient (Wildman–Crippen LogP) is 3.47. The van der Waals surface area contributed by atoms with Gasteiger partial charge in [-0.05, 0) is 64.9 Å². The minimum absolute atomic E-state index is 0.0510. The van der Waals surface area contributed by atoms with Crippen LogP contribution >= 0.6 is 11.3 Å². The molecule has 6 heteroatoms. The maximum atomic E-state index is 12.6. The molecule has 1 fully saturated rings. The van der Waals surface area contributed by atoms with Gasteiger partial charge in [0.05, 0.1) is 6.54 Å². The van der Waals surface area contributed by atoms with E-state index in [0.29, 0.717) is 25.9 Å². The highest BCUT2D eigenvalue weighted by atomic mass is 32.1. The molecule has 2 aliphatic heterocycles. The number of aromatic nitrogens is 1. The Morgan fingerprint density at radius 2 is 2.00 bits per heavy atom. The van der Waals surface area contributed by atoms with Crippen molar-refractivity contribution >= 4 is 35.2 Å². The fraction of sp³-hybridized carbons (Fsp3) is 0.348. The summed E-state index contributed by atoms with van der Waals surface area (Å²) in [7, 11) is 0. The number of pyridine rings is 1. The van der Waals surface area contributed by atoms with E-state index >= 15 is 0 Å². The van der Waals surface area contributed by atoms with Crippen LogP contribution in [0.25, 0.3) is 12.2 Å². The molecule has 4 heterocycles. The molecule has 1 N–H and O–H groups in total. The number of nitrogens with one attached hydrogen (secondary N) is 1. The van der Waals surface area contributed by atoms with Crippen molar-refractivity contribution in [1.82, 2.24) is 15.2 Å². The number of fused-ring (bicyclic) bond motifs is 1. The third kappa shape index (κ3) is 5.28. The summed E-state index contributed by atoms with van der Waals surface area (Å²) in [5, 5.41) is 7.40. The number of hydrogen-bond donors (Lipinski definition) is 1. The number of Topliss-reactive ketones (excluding diaryl/α,β-unsaturated/α-hetero) is 1. The van der Waals surface area contributed by atoms with Crippen molar-refractivity contribution in [2.75, 3.05) is 19.6 Å². The molecule has 0 saturated carbocycles. The first kappa shape index (κ1) is 19.7. The van der Waals surface area contributed by atoms with Crippen LogP contribution in [0.4, 0.5) is 0 Å². The standard InChI is InChI=1S/C23H25N3O2S/c27-21-2-3-22-20(14-24-15-21)12-18(13-25-22)1-4-23(28)26-8-5-17(6-9-26)11-19-7-10-29-16-19/h1,4,7,10-13,16,24H,2-3,5-6,8-9,14-15H2. The number of likely N-dealkylation sites (tertiary alicyclic amines) is 1. The summed E-state index contributed by atoms with van der Waals surface area (Å²) in [6.07, 6.45) is 10.6. The van der Waals surface area contributed by atoms with Gasteiger partial charge < -0.3 is 10.2 Å². The highest BCUT2D eigenvalue weighted by Gasteiger charge is 2.17. The van der Waals surface area contributed by atoms with Crippen LogP contribution in [0.5, 0.6) is 0 Å². The second-order valence-corrected chi connectivity index (χ2v) is 8.31. The molecule has 5 nitrogen and oxygen atoms in total. The lowest BCUT2D eigenvalue weighted by atomic mass is 10.0. The third-order valence-electron chi connectivity index (χ3n) is 5.41. The number of piperidine rings is 1. The maximum Gasteiger partial charge on any atom is 0.246 e. The van der Waals surface area contributed by atoms with Gasteiger partial charge >= 0.3 is 0 Å². The van der Waals surface area contributed by atoms with Crippen molar-refractivity contribution in [2.45, 2.75) is 32.2 Å². The highest BCUT2D eigenvalue weighted by Crippen LogP contribution is 2.21. The van der Waals surface area contributed by atoms with Crippen molar-refractivity contribution < 1.29 is 9.59 Å². The zero-order valence-corrected chi connectivity index (χ0v) is 17.2. The molecule has 0 radical (unpaired) electrons. The normalized spacial score (nSPS) is 17.7. The van der Waals surface area contributed by atoms with E-state index in [2.05, 4.69) is 39.3 Å². The average Bonchev–Trinajstić information content (AvgIpc) is 3.23. The number of amides is 1. The van der Waals surface area contributed by atoms with Gasteiger partial charge in [0.15, 0.2) is 0 Å². The monoisotopic (exact) mass is 407 g/mol. The molecule has 150 valence electrons. The number of carbonyl (C=O) groups excluding carboxylic acids is 2. The molecule has 0 atom stereocenters. The molecular weight excluding hydrogens is 382 g/mol. The van der Waals surface area contributed by atoms with Gasteiger partial charge in [-0.3, -0.25) is 14.6 Å². The summed E-state index contributed by atoms with van der Waals surface area (Å²) in [5.74, 6) is 0.275. The first-order valence-electron chi connectivity index (χ1n) is 10.1. The lowest BCUT2D eigenvalue weighted by Gasteiger charge is -2.27. The molecule has 0 unspecified atom stereocenters. The second kappa shape index (κ2) is 9.29. The summed E-state index contributed by atoms with van der Waals surface area (Å²) in [6.45, 7) is 2.57. The Balaban J connectivity index is 1.35. The molecule has 0 bridgehead atoms. The van der Waals surface area contributed by atoms with E-state index < -0.39 is 0 Å². The second-order valence-electron chi connectivity index (χ2n) is 7.53. The van der Waals surface area contributed by atoms with Gasteiger partial charge in [0.1, 0.15) is 5.78 Å². The Labute approximate surface area is 175 Å². The van der Waals surface area contributed by atoms with Gasteiger partial charge in [-0.15, -0.1) is 0 Å². The first-order chi connectivity index (χ1) is 14.2. The molecule has 1 saturated heterocycles. The summed E-state index contributed by atoms with van der Waals surface area (Å²) in [5.41, 5.74) is 5.66. The van der Waals surface area contributed by atoms with Crippen LogP contribution in [0, 0.1) is 0 Å². The molecule has 2 aliphatic rings. The zero-order valence-electron chi connectivity index (χ0n) is 16.4. The maximum absolute atomic E-state index is 12.6.